The lowest BCUT2D eigenvalue weighted by molar-refractivity contribution is 0.0950. The number of ether oxygens (including phenoxy) is 2. The predicted octanol–water partition coefficient (Wildman–Crippen LogP) is 4.81. The van der Waals surface area contributed by atoms with Crippen molar-refractivity contribution in [1.82, 2.24) is 10.3 Å². The molecule has 3 rings (SSSR count). The fourth-order valence-electron chi connectivity index (χ4n) is 2.40. The summed E-state index contributed by atoms with van der Waals surface area (Å²) in [6.07, 6.45) is 3.47. The largest absolute Gasteiger partial charge is 0.490 e. The maximum absolute atomic E-state index is 12.4. The SMILES string of the molecule is CCOc1cc(C(=O)NCc2cc(Br)cs2)ccc1OCc1cccnc1. The Morgan fingerprint density at radius 2 is 2.11 bits per heavy atom. The molecular weight excluding hydrogens is 428 g/mol. The van der Waals surface area contributed by atoms with Gasteiger partial charge in [-0.2, -0.15) is 0 Å². The molecule has 0 saturated carbocycles. The van der Waals surface area contributed by atoms with E-state index in [1.807, 2.05) is 30.5 Å². The first kappa shape index (κ1) is 19.4. The number of halogens is 1. The van der Waals surface area contributed by atoms with E-state index in [0.29, 0.717) is 36.8 Å². The molecule has 0 fully saturated rings. The minimum Gasteiger partial charge on any atom is -0.490 e. The number of hydrogen-bond acceptors (Lipinski definition) is 5. The number of nitrogens with zero attached hydrogens (tertiary/aromatic N) is 1. The number of amides is 1. The molecule has 140 valence electrons. The van der Waals surface area contributed by atoms with Crippen LogP contribution in [0.2, 0.25) is 0 Å². The van der Waals surface area contributed by atoms with Crippen LogP contribution in [-0.4, -0.2) is 17.5 Å². The summed E-state index contributed by atoms with van der Waals surface area (Å²) in [7, 11) is 0. The first-order valence-corrected chi connectivity index (χ1v) is 10.1. The van der Waals surface area contributed by atoms with Gasteiger partial charge in [0.2, 0.25) is 0 Å². The highest BCUT2D eigenvalue weighted by Gasteiger charge is 2.12. The molecular formula is C20H19BrN2O3S. The molecule has 0 spiro atoms. The second-order valence-electron chi connectivity index (χ2n) is 5.66. The summed E-state index contributed by atoms with van der Waals surface area (Å²) in [5.74, 6) is 0.992. The third kappa shape index (κ3) is 5.55. The molecule has 0 aliphatic heterocycles. The smallest absolute Gasteiger partial charge is 0.251 e. The summed E-state index contributed by atoms with van der Waals surface area (Å²) >= 11 is 5.01. The Balaban J connectivity index is 1.67. The maximum Gasteiger partial charge on any atom is 0.251 e. The highest BCUT2D eigenvalue weighted by Crippen LogP contribution is 2.29. The fraction of sp³-hybridized carbons (Fsp3) is 0.200. The Morgan fingerprint density at radius 3 is 2.81 bits per heavy atom. The van der Waals surface area contributed by atoms with Crippen molar-refractivity contribution in [1.29, 1.82) is 0 Å². The van der Waals surface area contributed by atoms with Gasteiger partial charge in [-0.05, 0) is 53.2 Å². The van der Waals surface area contributed by atoms with E-state index in [-0.39, 0.29) is 5.91 Å². The quantitative estimate of drug-likeness (QED) is 0.538. The average Bonchev–Trinajstić information content (AvgIpc) is 3.11. The molecule has 1 aromatic carbocycles. The van der Waals surface area contributed by atoms with Gasteiger partial charge in [0.25, 0.3) is 5.91 Å². The minimum atomic E-state index is -0.153. The Morgan fingerprint density at radius 1 is 1.22 bits per heavy atom. The van der Waals surface area contributed by atoms with Gasteiger partial charge in [-0.25, -0.2) is 0 Å². The number of thiophene rings is 1. The number of rotatable bonds is 8. The summed E-state index contributed by atoms with van der Waals surface area (Å²) < 4.78 is 12.5. The standard InChI is InChI=1S/C20H19BrN2O3S/c1-2-25-19-8-15(20(24)23-11-17-9-16(21)13-27-17)5-6-18(19)26-12-14-4-3-7-22-10-14/h3-10,13H,2,11-12H2,1H3,(H,23,24). The van der Waals surface area contributed by atoms with Gasteiger partial charge in [0.1, 0.15) is 6.61 Å². The first-order valence-electron chi connectivity index (χ1n) is 8.45. The Hall–Kier alpha value is -2.38. The second kappa shape index (κ2) is 9.53. The van der Waals surface area contributed by atoms with Crippen LogP contribution in [0, 0.1) is 0 Å². The molecule has 5 nitrogen and oxygen atoms in total. The lowest BCUT2D eigenvalue weighted by atomic mass is 10.2. The van der Waals surface area contributed by atoms with E-state index in [0.717, 1.165) is 14.9 Å². The molecule has 1 N–H and O–H groups in total. The van der Waals surface area contributed by atoms with Crippen LogP contribution in [0.4, 0.5) is 0 Å². The molecule has 0 aliphatic carbocycles. The molecule has 0 saturated heterocycles. The zero-order chi connectivity index (χ0) is 19.1. The Bertz CT molecular complexity index is 899. The maximum atomic E-state index is 12.4. The highest BCUT2D eigenvalue weighted by atomic mass is 79.9. The van der Waals surface area contributed by atoms with E-state index >= 15 is 0 Å². The monoisotopic (exact) mass is 446 g/mol. The van der Waals surface area contributed by atoms with Crippen molar-refractivity contribution in [2.45, 2.75) is 20.1 Å². The molecule has 3 aromatic rings. The lowest BCUT2D eigenvalue weighted by Gasteiger charge is -2.13. The van der Waals surface area contributed by atoms with Crippen LogP contribution in [0.1, 0.15) is 27.7 Å². The van der Waals surface area contributed by atoms with Crippen molar-refractivity contribution in [3.05, 3.63) is 74.6 Å². The second-order valence-corrected chi connectivity index (χ2v) is 7.57. The van der Waals surface area contributed by atoms with Crippen molar-refractivity contribution >= 4 is 33.2 Å². The zero-order valence-electron chi connectivity index (χ0n) is 14.8. The number of aromatic nitrogens is 1. The van der Waals surface area contributed by atoms with Crippen molar-refractivity contribution < 1.29 is 14.3 Å². The Labute approximate surface area is 170 Å². The topological polar surface area (TPSA) is 60.5 Å². The molecule has 2 aromatic heterocycles. The van der Waals surface area contributed by atoms with Gasteiger partial charge in [0.05, 0.1) is 13.2 Å². The van der Waals surface area contributed by atoms with Crippen LogP contribution < -0.4 is 14.8 Å². The van der Waals surface area contributed by atoms with Crippen LogP contribution >= 0.6 is 27.3 Å². The van der Waals surface area contributed by atoms with E-state index in [2.05, 4.69) is 26.2 Å². The van der Waals surface area contributed by atoms with E-state index in [1.54, 1.807) is 41.9 Å². The molecule has 7 heteroatoms. The van der Waals surface area contributed by atoms with Crippen LogP contribution in [0.15, 0.2) is 58.6 Å². The van der Waals surface area contributed by atoms with Gasteiger partial charge in [-0.1, -0.05) is 6.07 Å². The molecule has 1 amide bonds. The number of carbonyl (C=O) groups excluding carboxylic acids is 1. The third-order valence-electron chi connectivity index (χ3n) is 3.67. The van der Waals surface area contributed by atoms with Crippen LogP contribution in [0.3, 0.4) is 0 Å². The van der Waals surface area contributed by atoms with Crippen molar-refractivity contribution in [3.63, 3.8) is 0 Å². The summed E-state index contributed by atoms with van der Waals surface area (Å²) in [5.41, 5.74) is 1.49. The van der Waals surface area contributed by atoms with Gasteiger partial charge in [0.15, 0.2) is 11.5 Å². The van der Waals surface area contributed by atoms with E-state index in [1.165, 1.54) is 0 Å². The fourth-order valence-corrected chi connectivity index (χ4v) is 3.79. The summed E-state index contributed by atoms with van der Waals surface area (Å²) in [4.78, 5) is 17.6. The predicted molar refractivity (Wildman–Crippen MR) is 109 cm³/mol. The normalized spacial score (nSPS) is 10.4. The number of hydrogen-bond donors (Lipinski definition) is 1. The molecule has 0 aliphatic rings. The van der Waals surface area contributed by atoms with Gasteiger partial charge in [0, 0.05) is 38.3 Å². The van der Waals surface area contributed by atoms with E-state index in [9.17, 15) is 4.79 Å². The van der Waals surface area contributed by atoms with Crippen molar-refractivity contribution in [3.8, 4) is 11.5 Å². The molecule has 0 unspecified atom stereocenters. The number of nitrogens with one attached hydrogen (secondary N) is 1. The molecule has 27 heavy (non-hydrogen) atoms. The lowest BCUT2D eigenvalue weighted by Crippen LogP contribution is -2.22. The number of carbonyl (C=O) groups is 1. The van der Waals surface area contributed by atoms with Gasteiger partial charge < -0.3 is 14.8 Å². The average molecular weight is 447 g/mol. The van der Waals surface area contributed by atoms with Crippen molar-refractivity contribution in [2.75, 3.05) is 6.61 Å². The van der Waals surface area contributed by atoms with Crippen LogP contribution in [0.25, 0.3) is 0 Å². The summed E-state index contributed by atoms with van der Waals surface area (Å²) in [6.45, 7) is 3.24. The number of benzene rings is 1. The van der Waals surface area contributed by atoms with Gasteiger partial charge >= 0.3 is 0 Å². The minimum absolute atomic E-state index is 0.153. The Kier molecular flexibility index (Phi) is 6.84. The van der Waals surface area contributed by atoms with Gasteiger partial charge in [-0.3, -0.25) is 9.78 Å². The van der Waals surface area contributed by atoms with Crippen molar-refractivity contribution in [2.24, 2.45) is 0 Å². The molecule has 0 bridgehead atoms. The van der Waals surface area contributed by atoms with E-state index in [4.69, 9.17) is 9.47 Å². The van der Waals surface area contributed by atoms with Crippen LogP contribution in [0.5, 0.6) is 11.5 Å². The molecule has 0 radical (unpaired) electrons. The van der Waals surface area contributed by atoms with Crippen LogP contribution in [-0.2, 0) is 13.2 Å². The summed E-state index contributed by atoms with van der Waals surface area (Å²) in [5, 5.41) is 4.91. The van der Waals surface area contributed by atoms with Gasteiger partial charge in [-0.15, -0.1) is 11.3 Å². The highest BCUT2D eigenvalue weighted by molar-refractivity contribution is 9.10. The first-order chi connectivity index (χ1) is 13.2. The zero-order valence-corrected chi connectivity index (χ0v) is 17.2. The summed E-state index contributed by atoms with van der Waals surface area (Å²) in [6, 6.07) is 11.0. The number of pyridine rings is 1. The molecule has 2 heterocycles. The third-order valence-corrected chi connectivity index (χ3v) is 5.37. The van der Waals surface area contributed by atoms with E-state index < -0.39 is 0 Å². The molecule has 0 atom stereocenters.